The number of hydrogen-bond donors (Lipinski definition) is 2. The molecule has 30 heavy (non-hydrogen) atoms. The predicted octanol–water partition coefficient (Wildman–Crippen LogP) is 4.67. The van der Waals surface area contributed by atoms with Gasteiger partial charge in [0, 0.05) is 15.7 Å². The summed E-state index contributed by atoms with van der Waals surface area (Å²) in [5.41, 5.74) is -6.84. The lowest BCUT2D eigenvalue weighted by molar-refractivity contribution is -0.376. The molecule has 0 aromatic heterocycles. The van der Waals surface area contributed by atoms with Gasteiger partial charge in [-0.1, -0.05) is 40.2 Å². The zero-order valence-electron chi connectivity index (χ0n) is 14.9. The SMILES string of the molecule is O=C(Nc1ccc(C(O)(C(F)(F)F)C(F)(F)F)cc1)C1(c2ccc(Br)cc2)COC1. The van der Waals surface area contributed by atoms with Gasteiger partial charge >= 0.3 is 12.4 Å². The zero-order chi connectivity index (χ0) is 22.4. The molecule has 0 radical (unpaired) electrons. The molecule has 0 saturated carbocycles. The van der Waals surface area contributed by atoms with Crippen molar-refractivity contribution in [3.05, 3.63) is 64.1 Å². The number of nitrogens with one attached hydrogen (secondary N) is 1. The Morgan fingerprint density at radius 2 is 1.43 bits per heavy atom. The number of ether oxygens (including phenoxy) is 1. The lowest BCUT2D eigenvalue weighted by atomic mass is 9.77. The quantitative estimate of drug-likeness (QED) is 0.603. The molecule has 2 N–H and O–H groups in total. The molecule has 162 valence electrons. The molecule has 0 spiro atoms. The topological polar surface area (TPSA) is 58.6 Å². The van der Waals surface area contributed by atoms with Gasteiger partial charge in [0.2, 0.25) is 5.91 Å². The van der Waals surface area contributed by atoms with Gasteiger partial charge in [0.25, 0.3) is 5.60 Å². The first-order valence-corrected chi connectivity index (χ1v) is 9.22. The van der Waals surface area contributed by atoms with Crippen LogP contribution in [0.25, 0.3) is 0 Å². The molecule has 0 atom stereocenters. The Kier molecular flexibility index (Phi) is 5.67. The lowest BCUT2D eigenvalue weighted by Gasteiger charge is -2.40. The highest BCUT2D eigenvalue weighted by Gasteiger charge is 2.71. The molecule has 1 aliphatic heterocycles. The Morgan fingerprint density at radius 3 is 1.83 bits per heavy atom. The second kappa shape index (κ2) is 7.54. The first-order chi connectivity index (χ1) is 13.8. The standard InChI is InChI=1S/C19H14BrF6NO3/c20-13-5-1-11(2-6-13)16(9-30-10-16)15(28)27-14-7-3-12(4-8-14)17(29,18(21,22)23)19(24,25)26/h1-8,29H,9-10H2,(H,27,28). The number of benzene rings is 2. The molecule has 1 saturated heterocycles. The highest BCUT2D eigenvalue weighted by atomic mass is 79.9. The fraction of sp³-hybridized carbons (Fsp3) is 0.316. The minimum Gasteiger partial charge on any atom is -0.378 e. The van der Waals surface area contributed by atoms with E-state index in [0.29, 0.717) is 17.7 Å². The molecule has 3 rings (SSSR count). The number of amides is 1. The number of carbonyl (C=O) groups excluding carboxylic acids is 1. The Labute approximate surface area is 175 Å². The maximum Gasteiger partial charge on any atom is 0.430 e. The predicted molar refractivity (Wildman–Crippen MR) is 97.7 cm³/mol. The Morgan fingerprint density at radius 1 is 0.933 bits per heavy atom. The highest BCUT2D eigenvalue weighted by Crippen LogP contribution is 2.50. The van der Waals surface area contributed by atoms with Crippen molar-refractivity contribution in [2.24, 2.45) is 0 Å². The van der Waals surface area contributed by atoms with Crippen molar-refractivity contribution < 1.29 is 41.0 Å². The van der Waals surface area contributed by atoms with Crippen LogP contribution >= 0.6 is 15.9 Å². The van der Waals surface area contributed by atoms with E-state index in [1.807, 2.05) is 0 Å². The third kappa shape index (κ3) is 3.69. The number of hydrogen-bond acceptors (Lipinski definition) is 3. The molecule has 2 aromatic carbocycles. The molecule has 1 amide bonds. The molecule has 0 aliphatic carbocycles. The lowest BCUT2D eigenvalue weighted by Crippen LogP contribution is -2.55. The summed E-state index contributed by atoms with van der Waals surface area (Å²) in [6, 6.07) is 9.55. The van der Waals surface area contributed by atoms with Gasteiger partial charge in [-0.05, 0) is 29.8 Å². The van der Waals surface area contributed by atoms with Crippen molar-refractivity contribution in [2.75, 3.05) is 18.5 Å². The normalized spacial score (nSPS) is 16.7. The van der Waals surface area contributed by atoms with Crippen molar-refractivity contribution in [1.29, 1.82) is 0 Å². The van der Waals surface area contributed by atoms with E-state index in [9.17, 15) is 36.2 Å². The second-order valence-electron chi connectivity index (χ2n) is 6.82. The first-order valence-electron chi connectivity index (χ1n) is 8.43. The van der Waals surface area contributed by atoms with Crippen LogP contribution in [0.4, 0.5) is 32.0 Å². The number of halogens is 7. The van der Waals surface area contributed by atoms with E-state index >= 15 is 0 Å². The van der Waals surface area contributed by atoms with Gasteiger partial charge in [0.05, 0.1) is 13.2 Å². The van der Waals surface area contributed by atoms with Gasteiger partial charge in [-0.25, -0.2) is 0 Å². The fourth-order valence-electron chi connectivity index (χ4n) is 3.04. The Balaban J connectivity index is 1.85. The van der Waals surface area contributed by atoms with Crippen LogP contribution in [0.15, 0.2) is 53.0 Å². The van der Waals surface area contributed by atoms with Crippen LogP contribution in [-0.2, 0) is 20.5 Å². The molecular weight excluding hydrogens is 484 g/mol. The maximum absolute atomic E-state index is 13.0. The third-order valence-corrected chi connectivity index (χ3v) is 5.44. The second-order valence-corrected chi connectivity index (χ2v) is 7.73. The molecule has 11 heteroatoms. The van der Waals surface area contributed by atoms with Crippen LogP contribution in [-0.4, -0.2) is 36.6 Å². The minimum absolute atomic E-state index is 0.0289. The molecule has 1 fully saturated rings. The van der Waals surface area contributed by atoms with Crippen molar-refractivity contribution in [1.82, 2.24) is 0 Å². The van der Waals surface area contributed by atoms with E-state index in [-0.39, 0.29) is 18.9 Å². The van der Waals surface area contributed by atoms with Gasteiger partial charge in [-0.15, -0.1) is 0 Å². The number of aliphatic hydroxyl groups is 1. The van der Waals surface area contributed by atoms with Gasteiger partial charge < -0.3 is 15.2 Å². The summed E-state index contributed by atoms with van der Waals surface area (Å²) < 4.78 is 83.7. The maximum atomic E-state index is 13.0. The van der Waals surface area contributed by atoms with Crippen LogP contribution < -0.4 is 5.32 Å². The number of alkyl halides is 6. The van der Waals surface area contributed by atoms with E-state index in [0.717, 1.165) is 16.6 Å². The molecular formula is C19H14BrF6NO3. The van der Waals surface area contributed by atoms with Crippen LogP contribution in [0.5, 0.6) is 0 Å². The average Bonchev–Trinajstić information content (AvgIpc) is 2.60. The van der Waals surface area contributed by atoms with Crippen molar-refractivity contribution in [3.8, 4) is 0 Å². The summed E-state index contributed by atoms with van der Waals surface area (Å²) in [5.74, 6) is -0.522. The Bertz CT molecular complexity index is 907. The minimum atomic E-state index is -5.98. The van der Waals surface area contributed by atoms with Gasteiger partial charge in [0.15, 0.2) is 0 Å². The monoisotopic (exact) mass is 497 g/mol. The van der Waals surface area contributed by atoms with Crippen LogP contribution in [0.2, 0.25) is 0 Å². The van der Waals surface area contributed by atoms with Gasteiger partial charge in [-0.3, -0.25) is 4.79 Å². The number of carbonyl (C=O) groups is 1. The highest BCUT2D eigenvalue weighted by molar-refractivity contribution is 9.10. The van der Waals surface area contributed by atoms with Crippen molar-refractivity contribution in [3.63, 3.8) is 0 Å². The molecule has 2 aromatic rings. The number of rotatable bonds is 4. The van der Waals surface area contributed by atoms with Crippen LogP contribution in [0, 0.1) is 0 Å². The van der Waals surface area contributed by atoms with Crippen molar-refractivity contribution >= 4 is 27.5 Å². The summed E-state index contributed by atoms with van der Waals surface area (Å²) in [6.07, 6.45) is -12.0. The summed E-state index contributed by atoms with van der Waals surface area (Å²) in [5, 5.41) is 11.9. The van der Waals surface area contributed by atoms with E-state index < -0.39 is 34.8 Å². The summed E-state index contributed by atoms with van der Waals surface area (Å²) in [4.78, 5) is 12.8. The van der Waals surface area contributed by atoms with Crippen LogP contribution in [0.1, 0.15) is 11.1 Å². The van der Waals surface area contributed by atoms with E-state index in [4.69, 9.17) is 4.74 Å². The molecule has 0 bridgehead atoms. The third-order valence-electron chi connectivity index (χ3n) is 4.91. The smallest absolute Gasteiger partial charge is 0.378 e. The molecule has 4 nitrogen and oxygen atoms in total. The largest absolute Gasteiger partial charge is 0.430 e. The summed E-state index contributed by atoms with van der Waals surface area (Å²) in [6.45, 7) is 0.140. The summed E-state index contributed by atoms with van der Waals surface area (Å²) in [7, 11) is 0. The van der Waals surface area contributed by atoms with E-state index in [1.165, 1.54) is 0 Å². The Hall–Kier alpha value is -2.11. The van der Waals surface area contributed by atoms with Crippen molar-refractivity contribution in [2.45, 2.75) is 23.4 Å². The zero-order valence-corrected chi connectivity index (χ0v) is 16.5. The fourth-order valence-corrected chi connectivity index (χ4v) is 3.30. The summed E-state index contributed by atoms with van der Waals surface area (Å²) >= 11 is 3.28. The number of anilines is 1. The van der Waals surface area contributed by atoms with E-state index in [2.05, 4.69) is 21.2 Å². The van der Waals surface area contributed by atoms with Gasteiger partial charge in [-0.2, -0.15) is 26.3 Å². The molecule has 1 aliphatic rings. The molecule has 0 unspecified atom stereocenters. The average molecular weight is 498 g/mol. The van der Waals surface area contributed by atoms with E-state index in [1.54, 1.807) is 24.3 Å². The van der Waals surface area contributed by atoms with Gasteiger partial charge in [0.1, 0.15) is 5.41 Å². The molecule has 1 heterocycles. The first kappa shape index (κ1) is 22.6. The van der Waals surface area contributed by atoms with Crippen LogP contribution in [0.3, 0.4) is 0 Å².